The fraction of sp³-hybridized carbons (Fsp3) is 0.375. The van der Waals surface area contributed by atoms with Crippen molar-refractivity contribution in [3.63, 3.8) is 0 Å². The van der Waals surface area contributed by atoms with Crippen molar-refractivity contribution in [1.82, 2.24) is 9.97 Å². The van der Waals surface area contributed by atoms with Gasteiger partial charge in [-0.2, -0.15) is 0 Å². The van der Waals surface area contributed by atoms with Crippen molar-refractivity contribution in [2.75, 3.05) is 11.9 Å². The Kier molecular flexibility index (Phi) is 3.92. The van der Waals surface area contributed by atoms with E-state index in [-0.39, 0.29) is 0 Å². The van der Waals surface area contributed by atoms with E-state index < -0.39 is 0 Å². The summed E-state index contributed by atoms with van der Waals surface area (Å²) in [6.07, 6.45) is 6.62. The number of benzene rings is 1. The second-order valence-electron chi connectivity index (χ2n) is 5.19. The van der Waals surface area contributed by atoms with E-state index in [0.29, 0.717) is 12.2 Å². The van der Waals surface area contributed by atoms with Crippen molar-refractivity contribution >= 4 is 5.69 Å². The maximum atomic E-state index is 5.77. The SMILES string of the molecule is CC1CCC(CNc2cnc(-c3ccccc3)nc2)O1. The Morgan fingerprint density at radius 1 is 1.15 bits per heavy atom. The summed E-state index contributed by atoms with van der Waals surface area (Å²) in [6.45, 7) is 2.94. The van der Waals surface area contributed by atoms with Crippen LogP contribution in [0.5, 0.6) is 0 Å². The number of anilines is 1. The first-order valence-corrected chi connectivity index (χ1v) is 7.08. The standard InChI is InChI=1S/C16H19N3O/c1-12-7-8-15(20-12)11-17-14-9-18-16(19-10-14)13-5-3-2-4-6-13/h2-6,9-10,12,15,17H,7-8,11H2,1H3. The minimum atomic E-state index is 0.304. The Morgan fingerprint density at radius 3 is 2.55 bits per heavy atom. The predicted octanol–water partition coefficient (Wildman–Crippen LogP) is 3.12. The summed E-state index contributed by atoms with van der Waals surface area (Å²) in [5.74, 6) is 0.752. The third kappa shape index (κ3) is 3.14. The Labute approximate surface area is 119 Å². The van der Waals surface area contributed by atoms with E-state index in [4.69, 9.17) is 4.74 Å². The molecule has 1 saturated heterocycles. The van der Waals surface area contributed by atoms with E-state index >= 15 is 0 Å². The van der Waals surface area contributed by atoms with E-state index in [1.165, 1.54) is 0 Å². The molecule has 1 aromatic carbocycles. The van der Waals surface area contributed by atoms with Crippen LogP contribution in [0.25, 0.3) is 11.4 Å². The molecule has 1 N–H and O–H groups in total. The maximum Gasteiger partial charge on any atom is 0.159 e. The fourth-order valence-electron chi connectivity index (χ4n) is 2.42. The van der Waals surface area contributed by atoms with Crippen molar-refractivity contribution in [1.29, 1.82) is 0 Å². The smallest absolute Gasteiger partial charge is 0.159 e. The van der Waals surface area contributed by atoms with Crippen molar-refractivity contribution < 1.29 is 4.74 Å². The van der Waals surface area contributed by atoms with Crippen LogP contribution in [0.2, 0.25) is 0 Å². The first kappa shape index (κ1) is 13.1. The summed E-state index contributed by atoms with van der Waals surface area (Å²) in [7, 11) is 0. The largest absolute Gasteiger partial charge is 0.380 e. The summed E-state index contributed by atoms with van der Waals surface area (Å²) < 4.78 is 5.77. The monoisotopic (exact) mass is 269 g/mol. The van der Waals surface area contributed by atoms with Crippen molar-refractivity contribution in [3.05, 3.63) is 42.7 Å². The lowest BCUT2D eigenvalue weighted by atomic mass is 10.2. The molecule has 3 rings (SSSR count). The highest BCUT2D eigenvalue weighted by atomic mass is 16.5. The van der Waals surface area contributed by atoms with Gasteiger partial charge in [-0.15, -0.1) is 0 Å². The van der Waals surface area contributed by atoms with Gasteiger partial charge in [-0.1, -0.05) is 30.3 Å². The van der Waals surface area contributed by atoms with Gasteiger partial charge in [-0.25, -0.2) is 9.97 Å². The highest BCUT2D eigenvalue weighted by molar-refractivity contribution is 5.55. The summed E-state index contributed by atoms with van der Waals surface area (Å²) in [6, 6.07) is 9.99. The molecule has 1 fully saturated rings. The van der Waals surface area contributed by atoms with Crippen LogP contribution in [0.3, 0.4) is 0 Å². The van der Waals surface area contributed by atoms with Gasteiger partial charge in [-0.05, 0) is 19.8 Å². The van der Waals surface area contributed by atoms with Gasteiger partial charge in [0, 0.05) is 12.1 Å². The summed E-state index contributed by atoms with van der Waals surface area (Å²) in [5.41, 5.74) is 1.97. The van der Waals surface area contributed by atoms with Crippen molar-refractivity contribution in [2.24, 2.45) is 0 Å². The fourth-order valence-corrected chi connectivity index (χ4v) is 2.42. The number of hydrogen-bond acceptors (Lipinski definition) is 4. The molecule has 2 unspecified atom stereocenters. The average Bonchev–Trinajstić information content (AvgIpc) is 2.92. The average molecular weight is 269 g/mol. The van der Waals surface area contributed by atoms with Crippen LogP contribution in [0.4, 0.5) is 5.69 Å². The Balaban J connectivity index is 1.59. The van der Waals surface area contributed by atoms with E-state index in [1.54, 1.807) is 0 Å². The zero-order chi connectivity index (χ0) is 13.8. The molecular formula is C16H19N3O. The number of nitrogens with one attached hydrogen (secondary N) is 1. The molecule has 0 bridgehead atoms. The first-order valence-electron chi connectivity index (χ1n) is 7.08. The maximum absolute atomic E-state index is 5.77. The Morgan fingerprint density at radius 2 is 1.90 bits per heavy atom. The molecule has 0 spiro atoms. The summed E-state index contributed by atoms with van der Waals surface area (Å²) in [5, 5.41) is 3.34. The van der Waals surface area contributed by atoms with Gasteiger partial charge in [0.1, 0.15) is 0 Å². The van der Waals surface area contributed by atoms with Crippen LogP contribution in [0.15, 0.2) is 42.7 Å². The van der Waals surface area contributed by atoms with Crippen LogP contribution in [0.1, 0.15) is 19.8 Å². The zero-order valence-corrected chi connectivity index (χ0v) is 11.6. The van der Waals surface area contributed by atoms with E-state index in [2.05, 4.69) is 22.2 Å². The molecule has 0 saturated carbocycles. The van der Waals surface area contributed by atoms with Crippen LogP contribution < -0.4 is 5.32 Å². The molecule has 1 aliphatic rings. The lowest BCUT2D eigenvalue weighted by Gasteiger charge is -2.12. The molecule has 0 radical (unpaired) electrons. The Hall–Kier alpha value is -1.94. The van der Waals surface area contributed by atoms with E-state index in [1.807, 2.05) is 42.7 Å². The lowest BCUT2D eigenvalue weighted by molar-refractivity contribution is 0.0637. The molecule has 4 nitrogen and oxygen atoms in total. The van der Waals surface area contributed by atoms with Crippen LogP contribution in [-0.4, -0.2) is 28.7 Å². The molecule has 2 heterocycles. The minimum absolute atomic E-state index is 0.304. The molecule has 0 aliphatic carbocycles. The van der Waals surface area contributed by atoms with Crippen LogP contribution in [0, 0.1) is 0 Å². The molecule has 20 heavy (non-hydrogen) atoms. The lowest BCUT2D eigenvalue weighted by Crippen LogP contribution is -2.19. The summed E-state index contributed by atoms with van der Waals surface area (Å²) in [4.78, 5) is 8.79. The molecule has 4 heteroatoms. The van der Waals surface area contributed by atoms with Gasteiger partial charge in [0.25, 0.3) is 0 Å². The highest BCUT2D eigenvalue weighted by Crippen LogP contribution is 2.20. The number of nitrogens with zero attached hydrogens (tertiary/aromatic N) is 2. The Bertz CT molecular complexity index is 541. The quantitative estimate of drug-likeness (QED) is 0.926. The minimum Gasteiger partial charge on any atom is -0.380 e. The van der Waals surface area contributed by atoms with Gasteiger partial charge in [0.15, 0.2) is 5.82 Å². The molecular weight excluding hydrogens is 250 g/mol. The molecule has 104 valence electrons. The third-order valence-corrected chi connectivity index (χ3v) is 3.54. The van der Waals surface area contributed by atoms with Gasteiger partial charge in [0.2, 0.25) is 0 Å². The third-order valence-electron chi connectivity index (χ3n) is 3.54. The van der Waals surface area contributed by atoms with E-state index in [9.17, 15) is 0 Å². The second kappa shape index (κ2) is 6.01. The summed E-state index contributed by atoms with van der Waals surface area (Å²) >= 11 is 0. The number of ether oxygens (including phenoxy) is 1. The van der Waals surface area contributed by atoms with Crippen LogP contribution in [-0.2, 0) is 4.74 Å². The zero-order valence-electron chi connectivity index (χ0n) is 11.6. The number of rotatable bonds is 4. The first-order chi connectivity index (χ1) is 9.81. The molecule has 1 aliphatic heterocycles. The number of hydrogen-bond donors (Lipinski definition) is 1. The molecule has 2 atom stereocenters. The van der Waals surface area contributed by atoms with Gasteiger partial charge >= 0.3 is 0 Å². The van der Waals surface area contributed by atoms with Gasteiger partial charge in [0.05, 0.1) is 30.3 Å². The van der Waals surface area contributed by atoms with Gasteiger partial charge < -0.3 is 10.1 Å². The second-order valence-corrected chi connectivity index (χ2v) is 5.19. The van der Waals surface area contributed by atoms with Crippen LogP contribution >= 0.6 is 0 Å². The highest BCUT2D eigenvalue weighted by Gasteiger charge is 2.21. The van der Waals surface area contributed by atoms with Crippen molar-refractivity contribution in [3.8, 4) is 11.4 Å². The van der Waals surface area contributed by atoms with Gasteiger partial charge in [-0.3, -0.25) is 0 Å². The molecule has 2 aromatic rings. The normalized spacial score (nSPS) is 21.9. The van der Waals surface area contributed by atoms with E-state index in [0.717, 1.165) is 36.5 Å². The predicted molar refractivity (Wildman–Crippen MR) is 79.5 cm³/mol. The molecule has 0 amide bonds. The van der Waals surface area contributed by atoms with Crippen molar-refractivity contribution in [2.45, 2.75) is 32.0 Å². The molecule has 1 aromatic heterocycles. The topological polar surface area (TPSA) is 47.0 Å². The number of aromatic nitrogens is 2.